The summed E-state index contributed by atoms with van der Waals surface area (Å²) in [6.07, 6.45) is 4.62. The van der Waals surface area contributed by atoms with E-state index in [-0.39, 0.29) is 6.10 Å². The molecule has 0 amide bonds. The summed E-state index contributed by atoms with van der Waals surface area (Å²) in [7, 11) is 1.65. The summed E-state index contributed by atoms with van der Waals surface area (Å²) in [4.78, 5) is 4.37. The number of fused-ring (bicyclic) bond motifs is 1. The topological polar surface area (TPSA) is 31.4 Å². The zero-order valence-electron chi connectivity index (χ0n) is 14.0. The SMILES string of the molecule is COc1cc2cncc(Cc3ccc(Cl)cc3)c2cc1OC(C)C. The van der Waals surface area contributed by atoms with Crippen LogP contribution in [0.1, 0.15) is 25.0 Å². The van der Waals surface area contributed by atoms with E-state index in [0.29, 0.717) is 0 Å². The van der Waals surface area contributed by atoms with Crippen molar-refractivity contribution in [3.8, 4) is 11.5 Å². The Morgan fingerprint density at radius 3 is 2.46 bits per heavy atom. The van der Waals surface area contributed by atoms with Gasteiger partial charge in [0.25, 0.3) is 0 Å². The third-order valence-electron chi connectivity index (χ3n) is 3.80. The zero-order valence-corrected chi connectivity index (χ0v) is 14.8. The molecular formula is C20H20ClNO2. The number of nitrogens with zero attached hydrogens (tertiary/aromatic N) is 1. The number of hydrogen-bond donors (Lipinski definition) is 0. The van der Waals surface area contributed by atoms with Gasteiger partial charge in [-0.2, -0.15) is 0 Å². The highest BCUT2D eigenvalue weighted by Crippen LogP contribution is 2.34. The molecule has 0 bridgehead atoms. The molecule has 3 aromatic rings. The summed E-state index contributed by atoms with van der Waals surface area (Å²) in [6, 6.07) is 11.9. The van der Waals surface area contributed by atoms with E-state index in [2.05, 4.69) is 4.98 Å². The predicted octanol–water partition coefficient (Wildman–Crippen LogP) is 5.27. The average Bonchev–Trinajstić information content (AvgIpc) is 2.56. The summed E-state index contributed by atoms with van der Waals surface area (Å²) in [5, 5.41) is 2.90. The molecule has 0 spiro atoms. The molecule has 3 rings (SSSR count). The summed E-state index contributed by atoms with van der Waals surface area (Å²) in [6.45, 7) is 4.01. The van der Waals surface area contributed by atoms with Crippen molar-refractivity contribution in [3.05, 3.63) is 64.9 Å². The van der Waals surface area contributed by atoms with Crippen LogP contribution in [0.25, 0.3) is 10.8 Å². The number of halogens is 1. The van der Waals surface area contributed by atoms with Crippen LogP contribution in [-0.2, 0) is 6.42 Å². The molecule has 0 saturated heterocycles. The first-order valence-corrected chi connectivity index (χ1v) is 8.30. The van der Waals surface area contributed by atoms with Gasteiger partial charge in [-0.05, 0) is 61.0 Å². The Labute approximate surface area is 147 Å². The van der Waals surface area contributed by atoms with Crippen molar-refractivity contribution in [2.24, 2.45) is 0 Å². The van der Waals surface area contributed by atoms with Gasteiger partial charge in [0.1, 0.15) is 0 Å². The molecule has 3 nitrogen and oxygen atoms in total. The third-order valence-corrected chi connectivity index (χ3v) is 4.05. The monoisotopic (exact) mass is 341 g/mol. The summed E-state index contributed by atoms with van der Waals surface area (Å²) in [5.74, 6) is 1.48. The molecule has 0 saturated carbocycles. The van der Waals surface area contributed by atoms with Crippen LogP contribution in [0.4, 0.5) is 0 Å². The first-order valence-electron chi connectivity index (χ1n) is 7.92. The lowest BCUT2D eigenvalue weighted by Gasteiger charge is -2.15. The van der Waals surface area contributed by atoms with Gasteiger partial charge in [-0.1, -0.05) is 23.7 Å². The molecule has 2 aromatic carbocycles. The molecule has 0 aliphatic rings. The van der Waals surface area contributed by atoms with Gasteiger partial charge < -0.3 is 9.47 Å². The van der Waals surface area contributed by atoms with Crippen molar-refractivity contribution in [1.29, 1.82) is 0 Å². The summed E-state index contributed by atoms with van der Waals surface area (Å²) in [5.41, 5.74) is 2.34. The Hall–Kier alpha value is -2.26. The summed E-state index contributed by atoms with van der Waals surface area (Å²) >= 11 is 5.97. The van der Waals surface area contributed by atoms with E-state index < -0.39 is 0 Å². The fraction of sp³-hybridized carbons (Fsp3) is 0.250. The molecule has 1 aromatic heterocycles. The van der Waals surface area contributed by atoms with Gasteiger partial charge in [0.2, 0.25) is 0 Å². The number of benzene rings is 2. The molecule has 0 radical (unpaired) electrons. The van der Waals surface area contributed by atoms with Crippen LogP contribution in [-0.4, -0.2) is 18.2 Å². The van der Waals surface area contributed by atoms with Gasteiger partial charge in [0.05, 0.1) is 13.2 Å². The third kappa shape index (κ3) is 3.62. The van der Waals surface area contributed by atoms with Crippen LogP contribution >= 0.6 is 11.6 Å². The van der Waals surface area contributed by atoms with Crippen molar-refractivity contribution in [2.45, 2.75) is 26.4 Å². The lowest BCUT2D eigenvalue weighted by molar-refractivity contribution is 0.230. The van der Waals surface area contributed by atoms with E-state index in [4.69, 9.17) is 21.1 Å². The summed E-state index contributed by atoms with van der Waals surface area (Å²) < 4.78 is 11.4. The molecule has 0 unspecified atom stereocenters. The minimum Gasteiger partial charge on any atom is -0.493 e. The smallest absolute Gasteiger partial charge is 0.162 e. The van der Waals surface area contributed by atoms with E-state index in [1.807, 2.05) is 62.6 Å². The fourth-order valence-electron chi connectivity index (χ4n) is 2.71. The Morgan fingerprint density at radius 1 is 1.04 bits per heavy atom. The molecular weight excluding hydrogens is 322 g/mol. The van der Waals surface area contributed by atoms with Gasteiger partial charge >= 0.3 is 0 Å². The standard InChI is InChI=1S/C20H20ClNO2/c1-13(2)24-20-10-18-15(8-14-4-6-17(21)7-5-14)11-22-12-16(18)9-19(20)23-3/h4-7,9-13H,8H2,1-3H3. The molecule has 0 aliphatic carbocycles. The molecule has 124 valence electrons. The fourth-order valence-corrected chi connectivity index (χ4v) is 2.83. The van der Waals surface area contributed by atoms with Crippen molar-refractivity contribution < 1.29 is 9.47 Å². The zero-order chi connectivity index (χ0) is 17.1. The highest BCUT2D eigenvalue weighted by atomic mass is 35.5. The number of ether oxygens (including phenoxy) is 2. The molecule has 0 aliphatic heterocycles. The Morgan fingerprint density at radius 2 is 1.79 bits per heavy atom. The minimum absolute atomic E-state index is 0.0814. The number of pyridine rings is 1. The minimum atomic E-state index is 0.0814. The van der Waals surface area contributed by atoms with Gasteiger partial charge in [0, 0.05) is 22.8 Å². The Balaban J connectivity index is 2.05. The van der Waals surface area contributed by atoms with Gasteiger partial charge in [-0.3, -0.25) is 4.98 Å². The normalized spacial score (nSPS) is 11.0. The lowest BCUT2D eigenvalue weighted by Crippen LogP contribution is -2.07. The van der Waals surface area contributed by atoms with E-state index in [1.165, 1.54) is 5.56 Å². The first kappa shape index (κ1) is 16.6. The van der Waals surface area contributed by atoms with Crippen molar-refractivity contribution in [3.63, 3.8) is 0 Å². The first-order chi connectivity index (χ1) is 11.6. The number of hydrogen-bond acceptors (Lipinski definition) is 3. The van der Waals surface area contributed by atoms with E-state index in [1.54, 1.807) is 7.11 Å². The van der Waals surface area contributed by atoms with E-state index in [9.17, 15) is 0 Å². The second-order valence-electron chi connectivity index (χ2n) is 5.99. The maximum Gasteiger partial charge on any atom is 0.162 e. The number of aromatic nitrogens is 1. The van der Waals surface area contributed by atoms with Crippen LogP contribution in [0.5, 0.6) is 11.5 Å². The Kier molecular flexibility index (Phi) is 4.91. The van der Waals surface area contributed by atoms with Crippen LogP contribution < -0.4 is 9.47 Å². The molecule has 0 N–H and O–H groups in total. The predicted molar refractivity (Wildman–Crippen MR) is 98.3 cm³/mol. The molecule has 24 heavy (non-hydrogen) atoms. The van der Waals surface area contributed by atoms with Crippen molar-refractivity contribution >= 4 is 22.4 Å². The van der Waals surface area contributed by atoms with E-state index in [0.717, 1.165) is 39.3 Å². The van der Waals surface area contributed by atoms with Crippen molar-refractivity contribution in [2.75, 3.05) is 7.11 Å². The second-order valence-corrected chi connectivity index (χ2v) is 6.43. The quantitative estimate of drug-likeness (QED) is 0.633. The van der Waals surface area contributed by atoms with Crippen LogP contribution in [0, 0.1) is 0 Å². The van der Waals surface area contributed by atoms with Gasteiger partial charge in [-0.15, -0.1) is 0 Å². The maximum atomic E-state index is 5.97. The number of methoxy groups -OCH3 is 1. The van der Waals surface area contributed by atoms with Crippen LogP contribution in [0.15, 0.2) is 48.8 Å². The molecule has 1 heterocycles. The molecule has 0 fully saturated rings. The largest absolute Gasteiger partial charge is 0.493 e. The average molecular weight is 342 g/mol. The van der Waals surface area contributed by atoms with Gasteiger partial charge in [0.15, 0.2) is 11.5 Å². The van der Waals surface area contributed by atoms with Gasteiger partial charge in [-0.25, -0.2) is 0 Å². The van der Waals surface area contributed by atoms with E-state index >= 15 is 0 Å². The van der Waals surface area contributed by atoms with Crippen LogP contribution in [0.2, 0.25) is 5.02 Å². The maximum absolute atomic E-state index is 5.97. The lowest BCUT2D eigenvalue weighted by atomic mass is 10.0. The molecule has 4 heteroatoms. The van der Waals surface area contributed by atoms with Crippen LogP contribution in [0.3, 0.4) is 0 Å². The van der Waals surface area contributed by atoms with Crippen molar-refractivity contribution in [1.82, 2.24) is 4.98 Å². The highest BCUT2D eigenvalue weighted by Gasteiger charge is 2.11. The number of rotatable bonds is 5. The second kappa shape index (κ2) is 7.10. The Bertz CT molecular complexity index is 844. The molecule has 0 atom stereocenters. The highest BCUT2D eigenvalue weighted by molar-refractivity contribution is 6.30.